The van der Waals surface area contributed by atoms with Crippen LogP contribution in [0, 0.1) is 0 Å². The second-order valence-electron chi connectivity index (χ2n) is 3.44. The van der Waals surface area contributed by atoms with Crippen LogP contribution in [0.15, 0.2) is 18.2 Å². The molecule has 0 N–H and O–H groups in total. The normalized spacial score (nSPS) is 11.6. The molecule has 0 fully saturated rings. The van der Waals surface area contributed by atoms with Gasteiger partial charge in [-0.3, -0.25) is 0 Å². The Bertz CT molecular complexity index is 355. The van der Waals surface area contributed by atoms with Crippen LogP contribution < -0.4 is 4.74 Å². The lowest BCUT2D eigenvalue weighted by Gasteiger charge is -2.28. The molecule has 17 heavy (non-hydrogen) atoms. The van der Waals surface area contributed by atoms with Crippen molar-refractivity contribution in [2.75, 3.05) is 28.4 Å². The first kappa shape index (κ1) is 14.3. The first-order valence-corrected chi connectivity index (χ1v) is 5.46. The van der Waals surface area contributed by atoms with Gasteiger partial charge in [-0.1, -0.05) is 17.7 Å². The number of methoxy groups -OCH3 is 4. The van der Waals surface area contributed by atoms with E-state index in [1.807, 2.05) is 6.07 Å². The van der Waals surface area contributed by atoms with Crippen molar-refractivity contribution in [1.82, 2.24) is 0 Å². The van der Waals surface area contributed by atoms with Crippen molar-refractivity contribution in [2.24, 2.45) is 0 Å². The summed E-state index contributed by atoms with van der Waals surface area (Å²) < 4.78 is 20.7. The topological polar surface area (TPSA) is 36.9 Å². The van der Waals surface area contributed by atoms with Gasteiger partial charge in [0.25, 0.3) is 5.97 Å². The van der Waals surface area contributed by atoms with Gasteiger partial charge in [0.15, 0.2) is 0 Å². The standard InChI is InChI=1S/C12H17ClO4/c1-14-11-6-5-9(7-10(11)13)8-12(15-2,16-3)17-4/h5-7H,8H2,1-4H3. The average molecular weight is 261 g/mol. The van der Waals surface area contributed by atoms with Crippen LogP contribution in [0.1, 0.15) is 5.56 Å². The summed E-state index contributed by atoms with van der Waals surface area (Å²) in [7, 11) is 6.15. The van der Waals surface area contributed by atoms with Gasteiger partial charge in [0, 0.05) is 21.3 Å². The Morgan fingerprint density at radius 1 is 1.06 bits per heavy atom. The Hall–Kier alpha value is -0.810. The van der Waals surface area contributed by atoms with Crippen molar-refractivity contribution >= 4 is 11.6 Å². The summed E-state index contributed by atoms with van der Waals surface area (Å²) in [6.45, 7) is 0. The fraction of sp³-hybridized carbons (Fsp3) is 0.500. The van der Waals surface area contributed by atoms with E-state index in [-0.39, 0.29) is 0 Å². The van der Waals surface area contributed by atoms with E-state index in [2.05, 4.69) is 0 Å². The van der Waals surface area contributed by atoms with Crippen molar-refractivity contribution in [3.8, 4) is 5.75 Å². The number of halogens is 1. The SMILES string of the molecule is COc1ccc(CC(OC)(OC)OC)cc1Cl. The van der Waals surface area contributed by atoms with E-state index in [1.165, 1.54) is 21.3 Å². The van der Waals surface area contributed by atoms with Crippen molar-refractivity contribution in [3.05, 3.63) is 28.8 Å². The van der Waals surface area contributed by atoms with Crippen molar-refractivity contribution < 1.29 is 18.9 Å². The zero-order chi connectivity index (χ0) is 12.9. The minimum Gasteiger partial charge on any atom is -0.495 e. The number of rotatable bonds is 6. The highest BCUT2D eigenvalue weighted by Crippen LogP contribution is 2.27. The van der Waals surface area contributed by atoms with Gasteiger partial charge in [-0.2, -0.15) is 0 Å². The van der Waals surface area contributed by atoms with Gasteiger partial charge in [-0.15, -0.1) is 0 Å². The molecular weight excluding hydrogens is 244 g/mol. The van der Waals surface area contributed by atoms with Crippen LogP contribution >= 0.6 is 11.6 Å². The second-order valence-corrected chi connectivity index (χ2v) is 3.85. The molecule has 4 nitrogen and oxygen atoms in total. The maximum absolute atomic E-state index is 6.04. The molecule has 0 aliphatic carbocycles. The lowest BCUT2D eigenvalue weighted by atomic mass is 10.1. The van der Waals surface area contributed by atoms with E-state index in [0.717, 1.165) is 5.56 Å². The molecular formula is C12H17ClO4. The van der Waals surface area contributed by atoms with Crippen LogP contribution in [0.2, 0.25) is 5.02 Å². The summed E-state index contributed by atoms with van der Waals surface area (Å²) in [5.41, 5.74) is 0.932. The molecule has 0 unspecified atom stereocenters. The Kier molecular flexibility index (Phi) is 5.21. The Labute approximate surface area is 106 Å². The minimum atomic E-state index is -1.09. The van der Waals surface area contributed by atoms with Crippen LogP contribution in [0.3, 0.4) is 0 Å². The quantitative estimate of drug-likeness (QED) is 0.737. The van der Waals surface area contributed by atoms with E-state index in [1.54, 1.807) is 19.2 Å². The summed E-state index contributed by atoms with van der Waals surface area (Å²) in [6, 6.07) is 5.48. The second kappa shape index (κ2) is 6.21. The van der Waals surface area contributed by atoms with E-state index >= 15 is 0 Å². The third-order valence-corrected chi connectivity index (χ3v) is 2.87. The molecule has 5 heteroatoms. The predicted molar refractivity (Wildman–Crippen MR) is 65.5 cm³/mol. The minimum absolute atomic E-state index is 0.431. The number of hydrogen-bond acceptors (Lipinski definition) is 4. The van der Waals surface area contributed by atoms with E-state index in [9.17, 15) is 0 Å². The Balaban J connectivity index is 2.90. The molecule has 0 spiro atoms. The van der Waals surface area contributed by atoms with Crippen LogP contribution in [0.25, 0.3) is 0 Å². The van der Waals surface area contributed by atoms with Crippen LogP contribution in [0.4, 0.5) is 0 Å². The smallest absolute Gasteiger partial charge is 0.286 e. The molecule has 0 aliphatic heterocycles. The van der Waals surface area contributed by atoms with Crippen LogP contribution in [0.5, 0.6) is 5.75 Å². The van der Waals surface area contributed by atoms with Gasteiger partial charge >= 0.3 is 0 Å². The predicted octanol–water partition coefficient (Wildman–Crippen LogP) is 2.48. The van der Waals surface area contributed by atoms with Crippen molar-refractivity contribution in [2.45, 2.75) is 12.4 Å². The van der Waals surface area contributed by atoms with Crippen LogP contribution in [-0.4, -0.2) is 34.4 Å². The highest BCUT2D eigenvalue weighted by molar-refractivity contribution is 6.32. The monoisotopic (exact) mass is 260 g/mol. The summed E-state index contributed by atoms with van der Waals surface area (Å²) in [5.74, 6) is -0.453. The molecule has 0 bridgehead atoms. The first-order chi connectivity index (χ1) is 8.10. The molecule has 0 aliphatic rings. The molecule has 1 aromatic carbocycles. The molecule has 0 saturated carbocycles. The zero-order valence-electron chi connectivity index (χ0n) is 10.5. The first-order valence-electron chi connectivity index (χ1n) is 5.08. The molecule has 0 radical (unpaired) electrons. The van der Waals surface area contributed by atoms with Gasteiger partial charge in [-0.05, 0) is 17.7 Å². The maximum atomic E-state index is 6.04. The third kappa shape index (κ3) is 3.33. The molecule has 1 aromatic rings. The number of ether oxygens (including phenoxy) is 4. The Morgan fingerprint density at radius 2 is 1.65 bits per heavy atom. The van der Waals surface area contributed by atoms with Crippen LogP contribution in [-0.2, 0) is 20.6 Å². The van der Waals surface area contributed by atoms with Gasteiger partial charge in [0.05, 0.1) is 18.6 Å². The molecule has 0 saturated heterocycles. The molecule has 0 atom stereocenters. The van der Waals surface area contributed by atoms with E-state index in [4.69, 9.17) is 30.5 Å². The maximum Gasteiger partial charge on any atom is 0.286 e. The van der Waals surface area contributed by atoms with Crippen molar-refractivity contribution in [3.63, 3.8) is 0 Å². The van der Waals surface area contributed by atoms with E-state index < -0.39 is 5.97 Å². The summed E-state index contributed by atoms with van der Waals surface area (Å²) in [5, 5.41) is 0.544. The summed E-state index contributed by atoms with van der Waals surface area (Å²) in [4.78, 5) is 0. The molecule has 96 valence electrons. The highest BCUT2D eigenvalue weighted by Gasteiger charge is 2.30. The number of hydrogen-bond donors (Lipinski definition) is 0. The zero-order valence-corrected chi connectivity index (χ0v) is 11.2. The van der Waals surface area contributed by atoms with Gasteiger partial charge < -0.3 is 18.9 Å². The lowest BCUT2D eigenvalue weighted by Crippen LogP contribution is -2.38. The third-order valence-electron chi connectivity index (χ3n) is 2.57. The highest BCUT2D eigenvalue weighted by atomic mass is 35.5. The van der Waals surface area contributed by atoms with Gasteiger partial charge in [0.1, 0.15) is 5.75 Å². The molecule has 1 rings (SSSR count). The lowest BCUT2D eigenvalue weighted by molar-refractivity contribution is -0.350. The summed E-state index contributed by atoms with van der Waals surface area (Å²) in [6.07, 6.45) is 0.431. The fourth-order valence-corrected chi connectivity index (χ4v) is 1.82. The van der Waals surface area contributed by atoms with Gasteiger partial charge in [0.2, 0.25) is 0 Å². The van der Waals surface area contributed by atoms with E-state index in [0.29, 0.717) is 17.2 Å². The Morgan fingerprint density at radius 3 is 2.06 bits per heavy atom. The van der Waals surface area contributed by atoms with Crippen molar-refractivity contribution in [1.29, 1.82) is 0 Å². The fourth-order valence-electron chi connectivity index (χ4n) is 1.54. The number of benzene rings is 1. The largest absolute Gasteiger partial charge is 0.495 e. The summed E-state index contributed by atoms with van der Waals surface area (Å²) >= 11 is 6.04. The molecule has 0 amide bonds. The van der Waals surface area contributed by atoms with Gasteiger partial charge in [-0.25, -0.2) is 0 Å². The molecule has 0 aromatic heterocycles. The molecule has 0 heterocycles. The average Bonchev–Trinajstić information content (AvgIpc) is 2.36.